The standard InChI is InChI=1S/C13H22N4O/c1-4-13(3,5-2)15-12(18)11-9-8-14-7-6-10(9)16-17-11/h14H,4-8H2,1-3H3,(H,15,18)(H,16,17). The van der Waals surface area contributed by atoms with Crippen molar-refractivity contribution in [2.45, 2.75) is 52.1 Å². The van der Waals surface area contributed by atoms with Crippen molar-refractivity contribution in [3.8, 4) is 0 Å². The quantitative estimate of drug-likeness (QED) is 0.756. The molecule has 0 spiro atoms. The van der Waals surface area contributed by atoms with E-state index in [9.17, 15) is 4.79 Å². The molecule has 1 amide bonds. The fourth-order valence-corrected chi connectivity index (χ4v) is 2.17. The Labute approximate surface area is 108 Å². The molecule has 1 aromatic rings. The van der Waals surface area contributed by atoms with Crippen molar-refractivity contribution in [3.63, 3.8) is 0 Å². The number of carbonyl (C=O) groups excluding carboxylic acids is 1. The molecule has 2 rings (SSSR count). The van der Waals surface area contributed by atoms with Gasteiger partial charge in [0.1, 0.15) is 0 Å². The highest BCUT2D eigenvalue weighted by Gasteiger charge is 2.27. The summed E-state index contributed by atoms with van der Waals surface area (Å²) in [6.45, 7) is 7.92. The summed E-state index contributed by atoms with van der Waals surface area (Å²) >= 11 is 0. The minimum atomic E-state index is -0.148. The molecular weight excluding hydrogens is 228 g/mol. The summed E-state index contributed by atoms with van der Waals surface area (Å²) in [6.07, 6.45) is 2.74. The maximum Gasteiger partial charge on any atom is 0.272 e. The number of aromatic nitrogens is 2. The van der Waals surface area contributed by atoms with Crippen LogP contribution < -0.4 is 10.6 Å². The van der Waals surface area contributed by atoms with E-state index in [0.29, 0.717) is 5.69 Å². The first-order chi connectivity index (χ1) is 8.59. The van der Waals surface area contributed by atoms with Crippen molar-refractivity contribution in [3.05, 3.63) is 17.0 Å². The molecule has 0 aromatic carbocycles. The van der Waals surface area contributed by atoms with Crippen LogP contribution >= 0.6 is 0 Å². The van der Waals surface area contributed by atoms with Crippen molar-refractivity contribution >= 4 is 5.91 Å². The normalized spacial score (nSPS) is 15.3. The van der Waals surface area contributed by atoms with E-state index in [1.807, 2.05) is 0 Å². The molecule has 18 heavy (non-hydrogen) atoms. The number of hydrogen-bond donors (Lipinski definition) is 3. The summed E-state index contributed by atoms with van der Waals surface area (Å²) < 4.78 is 0. The minimum absolute atomic E-state index is 0.0672. The molecule has 0 saturated carbocycles. The van der Waals surface area contributed by atoms with Gasteiger partial charge in [0.05, 0.1) is 0 Å². The number of H-pyrrole nitrogens is 1. The maximum atomic E-state index is 12.3. The number of carbonyl (C=O) groups is 1. The van der Waals surface area contributed by atoms with Gasteiger partial charge in [0.2, 0.25) is 0 Å². The van der Waals surface area contributed by atoms with Crippen molar-refractivity contribution < 1.29 is 4.79 Å². The van der Waals surface area contributed by atoms with Crippen molar-refractivity contribution in [2.24, 2.45) is 0 Å². The molecule has 5 nitrogen and oxygen atoms in total. The Morgan fingerprint density at radius 2 is 2.17 bits per heavy atom. The van der Waals surface area contributed by atoms with Crippen LogP contribution in [0.1, 0.15) is 55.4 Å². The molecule has 3 N–H and O–H groups in total. The second-order valence-corrected chi connectivity index (χ2v) is 5.18. The molecule has 0 radical (unpaired) electrons. The van der Waals surface area contributed by atoms with Crippen LogP contribution in [0.25, 0.3) is 0 Å². The first-order valence-electron chi connectivity index (χ1n) is 6.69. The van der Waals surface area contributed by atoms with Gasteiger partial charge in [0.15, 0.2) is 5.69 Å². The first kappa shape index (κ1) is 13.1. The van der Waals surface area contributed by atoms with E-state index in [4.69, 9.17) is 0 Å². The summed E-state index contributed by atoms with van der Waals surface area (Å²) in [5, 5.41) is 13.5. The van der Waals surface area contributed by atoms with Gasteiger partial charge in [-0.2, -0.15) is 5.10 Å². The summed E-state index contributed by atoms with van der Waals surface area (Å²) in [6, 6.07) is 0. The van der Waals surface area contributed by atoms with Gasteiger partial charge in [-0.15, -0.1) is 0 Å². The molecule has 0 unspecified atom stereocenters. The molecule has 0 bridgehead atoms. The summed E-state index contributed by atoms with van der Waals surface area (Å²) in [5.41, 5.74) is 2.51. The molecule has 0 fully saturated rings. The number of hydrogen-bond acceptors (Lipinski definition) is 3. The largest absolute Gasteiger partial charge is 0.346 e. The van der Waals surface area contributed by atoms with Gasteiger partial charge in [0, 0.05) is 36.3 Å². The summed E-state index contributed by atoms with van der Waals surface area (Å²) in [7, 11) is 0. The fraction of sp³-hybridized carbons (Fsp3) is 0.692. The predicted molar refractivity (Wildman–Crippen MR) is 70.5 cm³/mol. The maximum absolute atomic E-state index is 12.3. The van der Waals surface area contributed by atoms with Crippen molar-refractivity contribution in [1.29, 1.82) is 0 Å². The molecule has 1 aromatic heterocycles. The van der Waals surface area contributed by atoms with E-state index in [1.165, 1.54) is 0 Å². The van der Waals surface area contributed by atoms with Crippen LogP contribution in [0.5, 0.6) is 0 Å². The number of amides is 1. The Bertz CT molecular complexity index is 434. The molecule has 1 aliphatic heterocycles. The first-order valence-corrected chi connectivity index (χ1v) is 6.69. The van der Waals surface area contributed by atoms with Crippen molar-refractivity contribution in [2.75, 3.05) is 6.54 Å². The topological polar surface area (TPSA) is 69.8 Å². The van der Waals surface area contributed by atoms with Gasteiger partial charge >= 0.3 is 0 Å². The molecule has 1 aliphatic rings. The lowest BCUT2D eigenvalue weighted by molar-refractivity contribution is 0.0894. The third-order valence-electron chi connectivity index (χ3n) is 4.00. The zero-order valence-electron chi connectivity index (χ0n) is 11.4. The minimum Gasteiger partial charge on any atom is -0.346 e. The van der Waals surface area contributed by atoms with Gasteiger partial charge in [0.25, 0.3) is 5.91 Å². The molecule has 2 heterocycles. The number of nitrogens with one attached hydrogen (secondary N) is 3. The van der Waals surface area contributed by atoms with E-state index >= 15 is 0 Å². The zero-order chi connectivity index (χ0) is 13.2. The van der Waals surface area contributed by atoms with E-state index in [2.05, 4.69) is 41.6 Å². The Morgan fingerprint density at radius 3 is 2.83 bits per heavy atom. The van der Waals surface area contributed by atoms with Crippen LogP contribution in [0.4, 0.5) is 0 Å². The molecular formula is C13H22N4O. The molecule has 0 saturated heterocycles. The van der Waals surface area contributed by atoms with Crippen LogP contribution in [0.15, 0.2) is 0 Å². The second kappa shape index (κ2) is 5.10. The Hall–Kier alpha value is -1.36. The Kier molecular flexibility index (Phi) is 3.71. The average Bonchev–Trinajstić information content (AvgIpc) is 2.82. The van der Waals surface area contributed by atoms with Gasteiger partial charge in [-0.05, 0) is 19.8 Å². The van der Waals surface area contributed by atoms with Gasteiger partial charge in [-0.1, -0.05) is 13.8 Å². The van der Waals surface area contributed by atoms with Gasteiger partial charge < -0.3 is 10.6 Å². The number of aromatic amines is 1. The molecule has 100 valence electrons. The van der Waals surface area contributed by atoms with Gasteiger partial charge in [-0.25, -0.2) is 0 Å². The lowest BCUT2D eigenvalue weighted by Gasteiger charge is -2.28. The van der Waals surface area contributed by atoms with Crippen LogP contribution in [0, 0.1) is 0 Å². The number of fused-ring (bicyclic) bond motifs is 1. The average molecular weight is 250 g/mol. The molecule has 0 atom stereocenters. The SMILES string of the molecule is CCC(C)(CC)NC(=O)c1n[nH]c2c1CNCC2. The number of nitrogens with zero attached hydrogens (tertiary/aromatic N) is 1. The fourth-order valence-electron chi connectivity index (χ4n) is 2.17. The Balaban J connectivity index is 2.17. The monoisotopic (exact) mass is 250 g/mol. The summed E-state index contributed by atoms with van der Waals surface area (Å²) in [5.74, 6) is -0.0672. The van der Waals surface area contributed by atoms with E-state index < -0.39 is 0 Å². The van der Waals surface area contributed by atoms with Crippen LogP contribution in [0.3, 0.4) is 0 Å². The lowest BCUT2D eigenvalue weighted by atomic mass is 9.95. The van der Waals surface area contributed by atoms with Crippen LogP contribution in [0.2, 0.25) is 0 Å². The Morgan fingerprint density at radius 1 is 1.44 bits per heavy atom. The van der Waals surface area contributed by atoms with Gasteiger partial charge in [-0.3, -0.25) is 9.89 Å². The van der Waals surface area contributed by atoms with Crippen molar-refractivity contribution in [1.82, 2.24) is 20.8 Å². The van der Waals surface area contributed by atoms with E-state index in [1.54, 1.807) is 0 Å². The third-order valence-corrected chi connectivity index (χ3v) is 4.00. The molecule has 0 aliphatic carbocycles. The van der Waals surface area contributed by atoms with E-state index in [0.717, 1.165) is 43.6 Å². The van der Waals surface area contributed by atoms with Crippen LogP contribution in [-0.2, 0) is 13.0 Å². The zero-order valence-corrected chi connectivity index (χ0v) is 11.4. The predicted octanol–water partition coefficient (Wildman–Crippen LogP) is 1.36. The third kappa shape index (κ3) is 2.41. The highest BCUT2D eigenvalue weighted by molar-refractivity contribution is 5.94. The summed E-state index contributed by atoms with van der Waals surface area (Å²) in [4.78, 5) is 12.3. The highest BCUT2D eigenvalue weighted by atomic mass is 16.2. The smallest absolute Gasteiger partial charge is 0.272 e. The highest BCUT2D eigenvalue weighted by Crippen LogP contribution is 2.18. The number of rotatable bonds is 4. The molecule has 5 heteroatoms. The second-order valence-electron chi connectivity index (χ2n) is 5.18. The van der Waals surface area contributed by atoms with E-state index in [-0.39, 0.29) is 11.4 Å². The van der Waals surface area contributed by atoms with Crippen LogP contribution in [-0.4, -0.2) is 28.2 Å². The lowest BCUT2D eigenvalue weighted by Crippen LogP contribution is -2.45.